The molecular formula is C23H23N7O. The summed E-state index contributed by atoms with van der Waals surface area (Å²) >= 11 is 0. The highest BCUT2D eigenvalue weighted by Gasteiger charge is 2.11. The first kappa shape index (κ1) is 18.9. The van der Waals surface area contributed by atoms with Gasteiger partial charge in [-0.25, -0.2) is 9.97 Å². The quantitative estimate of drug-likeness (QED) is 0.330. The summed E-state index contributed by atoms with van der Waals surface area (Å²) in [6.07, 6.45) is 5.44. The van der Waals surface area contributed by atoms with Crippen LogP contribution in [0, 0.1) is 6.92 Å². The maximum Gasteiger partial charge on any atom is 0.221 e. The van der Waals surface area contributed by atoms with Crippen molar-refractivity contribution in [1.29, 1.82) is 0 Å². The predicted octanol–water partition coefficient (Wildman–Crippen LogP) is 4.26. The average Bonchev–Trinajstić information content (AvgIpc) is 3.34. The third-order valence-electron chi connectivity index (χ3n) is 5.39. The number of imidazole rings is 1. The second-order valence-electron chi connectivity index (χ2n) is 7.51. The number of nitrogens with zero attached hydrogens (tertiary/aromatic N) is 3. The molecule has 8 heteroatoms. The van der Waals surface area contributed by atoms with E-state index in [4.69, 9.17) is 10.5 Å². The number of benzene rings is 2. The second kappa shape index (κ2) is 7.64. The van der Waals surface area contributed by atoms with Gasteiger partial charge in [0.05, 0.1) is 18.1 Å². The highest BCUT2D eigenvalue weighted by molar-refractivity contribution is 5.84. The molecule has 0 atom stereocenters. The molecule has 5 N–H and O–H groups in total. The molecule has 0 aliphatic carbocycles. The SMILES string of the molecule is COc1ccc2c(CCc3cnc(N)nc3Nc3ccc4[nH]c(C)nc4c3)c[nH]c2c1. The van der Waals surface area contributed by atoms with Crippen molar-refractivity contribution < 1.29 is 4.74 Å². The van der Waals surface area contributed by atoms with Crippen molar-refractivity contribution >= 4 is 39.4 Å². The third kappa shape index (κ3) is 3.75. The first-order valence-electron chi connectivity index (χ1n) is 10.1. The Morgan fingerprint density at radius 3 is 2.77 bits per heavy atom. The number of ether oxygens (including phenoxy) is 1. The molecule has 5 rings (SSSR count). The number of nitrogens with two attached hydrogens (primary N) is 1. The van der Waals surface area contributed by atoms with E-state index in [0.717, 1.165) is 52.2 Å². The van der Waals surface area contributed by atoms with Gasteiger partial charge in [0.25, 0.3) is 0 Å². The first-order valence-corrected chi connectivity index (χ1v) is 10.1. The fraction of sp³-hybridized carbons (Fsp3) is 0.174. The largest absolute Gasteiger partial charge is 0.497 e. The van der Waals surface area contributed by atoms with Gasteiger partial charge in [0.2, 0.25) is 5.95 Å². The molecule has 8 nitrogen and oxygen atoms in total. The van der Waals surface area contributed by atoms with Crippen LogP contribution in [0.5, 0.6) is 5.75 Å². The number of hydrogen-bond donors (Lipinski definition) is 4. The van der Waals surface area contributed by atoms with Crippen molar-refractivity contribution in [3.05, 3.63) is 65.7 Å². The lowest BCUT2D eigenvalue weighted by molar-refractivity contribution is 0.415. The van der Waals surface area contributed by atoms with Crippen molar-refractivity contribution in [3.8, 4) is 5.75 Å². The monoisotopic (exact) mass is 413 g/mol. The van der Waals surface area contributed by atoms with Gasteiger partial charge in [0.15, 0.2) is 0 Å². The van der Waals surface area contributed by atoms with Crippen molar-refractivity contribution in [2.45, 2.75) is 19.8 Å². The number of nitrogens with one attached hydrogen (secondary N) is 3. The van der Waals surface area contributed by atoms with Crippen LogP contribution in [0.2, 0.25) is 0 Å². The lowest BCUT2D eigenvalue weighted by Gasteiger charge is -2.11. The molecule has 0 amide bonds. The van der Waals surface area contributed by atoms with Gasteiger partial charge in [-0.05, 0) is 55.7 Å². The number of methoxy groups -OCH3 is 1. The van der Waals surface area contributed by atoms with Gasteiger partial charge in [-0.1, -0.05) is 0 Å². The van der Waals surface area contributed by atoms with E-state index in [9.17, 15) is 0 Å². The topological polar surface area (TPSA) is 118 Å². The summed E-state index contributed by atoms with van der Waals surface area (Å²) in [6.45, 7) is 1.94. The molecule has 156 valence electrons. The van der Waals surface area contributed by atoms with Crippen LogP contribution >= 0.6 is 0 Å². The van der Waals surface area contributed by atoms with Crippen LogP contribution in [0.25, 0.3) is 21.9 Å². The summed E-state index contributed by atoms with van der Waals surface area (Å²) in [5.74, 6) is 2.67. The zero-order valence-electron chi connectivity index (χ0n) is 17.4. The molecule has 0 aliphatic heterocycles. The Balaban J connectivity index is 1.39. The standard InChI is InChI=1S/C23H23N7O/c1-13-27-19-8-5-16(9-21(19)28-13)29-22-15(12-26-23(24)30-22)4-3-14-11-25-20-10-17(31-2)6-7-18(14)20/h5-12,25H,3-4H2,1-2H3,(H,27,28)(H3,24,26,29,30). The molecule has 0 saturated heterocycles. The van der Waals surface area contributed by atoms with Crippen LogP contribution in [-0.4, -0.2) is 32.0 Å². The number of anilines is 3. The number of rotatable bonds is 6. The van der Waals surface area contributed by atoms with E-state index in [2.05, 4.69) is 36.3 Å². The van der Waals surface area contributed by atoms with Gasteiger partial charge >= 0.3 is 0 Å². The van der Waals surface area contributed by atoms with Crippen LogP contribution in [0.15, 0.2) is 48.8 Å². The van der Waals surface area contributed by atoms with E-state index in [1.165, 1.54) is 10.9 Å². The van der Waals surface area contributed by atoms with E-state index in [-0.39, 0.29) is 5.95 Å². The summed E-state index contributed by atoms with van der Waals surface area (Å²) in [4.78, 5) is 19.7. The second-order valence-corrected chi connectivity index (χ2v) is 7.51. The maximum atomic E-state index is 5.87. The summed E-state index contributed by atoms with van der Waals surface area (Å²) in [5.41, 5.74) is 12.0. The highest BCUT2D eigenvalue weighted by atomic mass is 16.5. The normalized spacial score (nSPS) is 11.3. The van der Waals surface area contributed by atoms with E-state index in [0.29, 0.717) is 5.82 Å². The van der Waals surface area contributed by atoms with E-state index in [1.54, 1.807) is 13.3 Å². The number of hydrogen-bond acceptors (Lipinski definition) is 6. The number of fused-ring (bicyclic) bond motifs is 2. The van der Waals surface area contributed by atoms with Gasteiger partial charge in [-0.3, -0.25) is 0 Å². The minimum absolute atomic E-state index is 0.238. The molecule has 0 saturated carbocycles. The Hall–Kier alpha value is -4.07. The molecular weight excluding hydrogens is 390 g/mol. The maximum absolute atomic E-state index is 5.87. The van der Waals surface area contributed by atoms with Crippen molar-refractivity contribution in [2.75, 3.05) is 18.2 Å². The number of aryl methyl sites for hydroxylation is 3. The van der Waals surface area contributed by atoms with Crippen molar-refractivity contribution in [1.82, 2.24) is 24.9 Å². The third-order valence-corrected chi connectivity index (χ3v) is 5.39. The van der Waals surface area contributed by atoms with E-state index >= 15 is 0 Å². The van der Waals surface area contributed by atoms with Crippen LogP contribution < -0.4 is 15.8 Å². The van der Waals surface area contributed by atoms with Gasteiger partial charge in [0, 0.05) is 40.6 Å². The Labute approximate surface area is 178 Å². The fourth-order valence-corrected chi connectivity index (χ4v) is 3.83. The lowest BCUT2D eigenvalue weighted by atomic mass is 10.0. The Kier molecular flexibility index (Phi) is 4.66. The Morgan fingerprint density at radius 2 is 1.90 bits per heavy atom. The van der Waals surface area contributed by atoms with E-state index < -0.39 is 0 Å². The van der Waals surface area contributed by atoms with Gasteiger partial charge in [-0.15, -0.1) is 0 Å². The van der Waals surface area contributed by atoms with Crippen LogP contribution in [0.4, 0.5) is 17.5 Å². The summed E-state index contributed by atoms with van der Waals surface area (Å²) in [6, 6.07) is 12.1. The average molecular weight is 413 g/mol. The first-order chi connectivity index (χ1) is 15.1. The fourth-order valence-electron chi connectivity index (χ4n) is 3.83. The molecule has 2 aromatic carbocycles. The van der Waals surface area contributed by atoms with Crippen LogP contribution in [0.1, 0.15) is 17.0 Å². The Bertz CT molecular complexity index is 1390. The summed E-state index contributed by atoms with van der Waals surface area (Å²) in [7, 11) is 1.67. The van der Waals surface area contributed by atoms with E-state index in [1.807, 2.05) is 43.5 Å². The molecule has 5 aromatic rings. The highest BCUT2D eigenvalue weighted by Crippen LogP contribution is 2.27. The smallest absolute Gasteiger partial charge is 0.221 e. The minimum atomic E-state index is 0.238. The zero-order chi connectivity index (χ0) is 21.4. The molecule has 0 spiro atoms. The summed E-state index contributed by atoms with van der Waals surface area (Å²) < 4.78 is 5.31. The number of H-pyrrole nitrogens is 2. The van der Waals surface area contributed by atoms with Crippen LogP contribution in [0.3, 0.4) is 0 Å². The predicted molar refractivity (Wildman–Crippen MR) is 123 cm³/mol. The van der Waals surface area contributed by atoms with Gasteiger partial charge in [0.1, 0.15) is 17.4 Å². The van der Waals surface area contributed by atoms with Crippen molar-refractivity contribution in [2.24, 2.45) is 0 Å². The molecule has 3 heterocycles. The minimum Gasteiger partial charge on any atom is -0.497 e. The Morgan fingerprint density at radius 1 is 1.03 bits per heavy atom. The number of aromatic amines is 2. The molecule has 0 bridgehead atoms. The lowest BCUT2D eigenvalue weighted by Crippen LogP contribution is -2.05. The van der Waals surface area contributed by atoms with Crippen LogP contribution in [-0.2, 0) is 12.8 Å². The molecule has 3 aromatic heterocycles. The number of nitrogen functional groups attached to an aromatic ring is 1. The molecule has 0 fully saturated rings. The number of aromatic nitrogens is 5. The molecule has 31 heavy (non-hydrogen) atoms. The van der Waals surface area contributed by atoms with Gasteiger partial charge in [-0.2, -0.15) is 4.98 Å². The summed E-state index contributed by atoms with van der Waals surface area (Å²) in [5, 5.41) is 4.57. The van der Waals surface area contributed by atoms with Gasteiger partial charge < -0.3 is 25.8 Å². The molecule has 0 radical (unpaired) electrons. The van der Waals surface area contributed by atoms with Crippen molar-refractivity contribution in [3.63, 3.8) is 0 Å². The zero-order valence-corrected chi connectivity index (χ0v) is 17.4. The molecule has 0 unspecified atom stereocenters. The molecule has 0 aliphatic rings.